The van der Waals surface area contributed by atoms with Crippen molar-refractivity contribution in [3.8, 4) is 0 Å². The lowest BCUT2D eigenvalue weighted by atomic mass is 10.1. The Kier molecular flexibility index (Phi) is 3.53. The lowest BCUT2D eigenvalue weighted by molar-refractivity contribution is -0.131. The molecule has 0 aliphatic carbocycles. The van der Waals surface area contributed by atoms with Crippen molar-refractivity contribution in [1.82, 2.24) is 14.5 Å². The number of rotatable bonds is 2. The van der Waals surface area contributed by atoms with Crippen molar-refractivity contribution >= 4 is 15.9 Å². The fourth-order valence-electron chi connectivity index (χ4n) is 3.29. The van der Waals surface area contributed by atoms with Gasteiger partial charge in [-0.15, -0.1) is 0 Å². The fraction of sp³-hybridized carbons (Fsp3) is 0.917. The van der Waals surface area contributed by atoms with Gasteiger partial charge in [0.15, 0.2) is 0 Å². The summed E-state index contributed by atoms with van der Waals surface area (Å²) < 4.78 is 24.8. The minimum absolute atomic E-state index is 0.0275. The second-order valence-corrected chi connectivity index (χ2v) is 7.86. The van der Waals surface area contributed by atoms with Crippen molar-refractivity contribution in [2.24, 2.45) is 0 Å². The molecule has 7 heteroatoms. The van der Waals surface area contributed by atoms with Gasteiger partial charge in [0.25, 0.3) is 0 Å². The number of carbonyl (C=O) groups excluding carboxylic acids is 1. The number of fused-ring (bicyclic) bond motifs is 2. The highest BCUT2D eigenvalue weighted by atomic mass is 32.2. The molecule has 3 rings (SSSR count). The van der Waals surface area contributed by atoms with E-state index in [1.807, 2.05) is 4.90 Å². The van der Waals surface area contributed by atoms with E-state index in [4.69, 9.17) is 0 Å². The first-order chi connectivity index (χ1) is 9.04. The summed E-state index contributed by atoms with van der Waals surface area (Å²) in [5.41, 5.74) is 0. The summed E-state index contributed by atoms with van der Waals surface area (Å²) in [6.45, 7) is 2.00. The number of likely N-dealkylation sites (tertiary alicyclic amines) is 1. The Balaban J connectivity index is 1.61. The van der Waals surface area contributed by atoms with Crippen LogP contribution in [-0.2, 0) is 14.8 Å². The summed E-state index contributed by atoms with van der Waals surface area (Å²) in [7, 11) is -3.17. The van der Waals surface area contributed by atoms with Gasteiger partial charge in [-0.3, -0.25) is 4.79 Å². The van der Waals surface area contributed by atoms with Crippen LogP contribution in [0.25, 0.3) is 0 Å². The van der Waals surface area contributed by atoms with Crippen molar-refractivity contribution in [2.45, 2.75) is 37.8 Å². The first-order valence-corrected chi connectivity index (χ1v) is 8.67. The number of nitrogens with one attached hydrogen (secondary N) is 1. The Hall–Kier alpha value is -0.660. The van der Waals surface area contributed by atoms with Gasteiger partial charge in [-0.05, 0) is 25.7 Å². The van der Waals surface area contributed by atoms with Crippen LogP contribution in [0.15, 0.2) is 0 Å². The van der Waals surface area contributed by atoms with E-state index < -0.39 is 10.0 Å². The second-order valence-electron chi connectivity index (χ2n) is 5.77. The summed E-state index contributed by atoms with van der Waals surface area (Å²) in [6, 6.07) is 0.935. The standard InChI is InChI=1S/C12H21N3O3S/c16-12(9-15-5-1-7-19(15,17)18)14-6-4-10-2-3-11(8-14)13-10/h10-11,13H,1-9H2. The van der Waals surface area contributed by atoms with Crippen LogP contribution in [0.2, 0.25) is 0 Å². The van der Waals surface area contributed by atoms with E-state index in [0.29, 0.717) is 25.0 Å². The largest absolute Gasteiger partial charge is 0.340 e. The number of hydrogen-bond donors (Lipinski definition) is 1. The molecule has 3 heterocycles. The summed E-state index contributed by atoms with van der Waals surface area (Å²) in [5.74, 6) is 0.145. The Bertz CT molecular complexity index is 465. The Morgan fingerprint density at radius 1 is 1.16 bits per heavy atom. The molecule has 1 N–H and O–H groups in total. The van der Waals surface area contributed by atoms with Gasteiger partial charge >= 0.3 is 0 Å². The molecule has 6 nitrogen and oxygen atoms in total. The molecule has 19 heavy (non-hydrogen) atoms. The van der Waals surface area contributed by atoms with Crippen LogP contribution in [0.5, 0.6) is 0 Å². The number of nitrogens with zero attached hydrogens (tertiary/aromatic N) is 2. The second kappa shape index (κ2) is 5.03. The molecule has 0 radical (unpaired) electrons. The smallest absolute Gasteiger partial charge is 0.237 e. The van der Waals surface area contributed by atoms with Crippen molar-refractivity contribution in [3.63, 3.8) is 0 Å². The van der Waals surface area contributed by atoms with Crippen LogP contribution in [0.4, 0.5) is 0 Å². The molecule has 3 aliphatic heterocycles. The highest BCUT2D eigenvalue weighted by Gasteiger charge is 2.34. The Labute approximate surface area is 114 Å². The molecular weight excluding hydrogens is 266 g/mol. The zero-order chi connectivity index (χ0) is 13.5. The van der Waals surface area contributed by atoms with Gasteiger partial charge in [0.1, 0.15) is 0 Å². The van der Waals surface area contributed by atoms with Crippen molar-refractivity contribution in [3.05, 3.63) is 0 Å². The zero-order valence-corrected chi connectivity index (χ0v) is 11.9. The minimum Gasteiger partial charge on any atom is -0.340 e. The van der Waals surface area contributed by atoms with Gasteiger partial charge in [0.2, 0.25) is 15.9 Å². The normalized spacial score (nSPS) is 34.4. The van der Waals surface area contributed by atoms with E-state index in [-0.39, 0.29) is 18.2 Å². The van der Waals surface area contributed by atoms with Gasteiger partial charge in [0, 0.05) is 31.7 Å². The minimum atomic E-state index is -3.17. The molecule has 2 unspecified atom stereocenters. The third kappa shape index (κ3) is 2.78. The molecule has 0 aromatic heterocycles. The molecule has 0 saturated carbocycles. The third-order valence-electron chi connectivity index (χ3n) is 4.39. The van der Waals surface area contributed by atoms with Crippen molar-refractivity contribution in [2.75, 3.05) is 31.9 Å². The molecule has 3 fully saturated rings. The molecule has 108 valence electrons. The van der Waals surface area contributed by atoms with E-state index in [1.165, 1.54) is 10.7 Å². The van der Waals surface area contributed by atoms with E-state index in [1.54, 1.807) is 0 Å². The van der Waals surface area contributed by atoms with E-state index >= 15 is 0 Å². The Morgan fingerprint density at radius 3 is 2.68 bits per heavy atom. The van der Waals surface area contributed by atoms with Crippen molar-refractivity contribution < 1.29 is 13.2 Å². The van der Waals surface area contributed by atoms with Crippen LogP contribution in [0, 0.1) is 0 Å². The van der Waals surface area contributed by atoms with Crippen LogP contribution < -0.4 is 5.32 Å². The quantitative estimate of drug-likeness (QED) is 0.734. The highest BCUT2D eigenvalue weighted by Crippen LogP contribution is 2.21. The molecule has 2 bridgehead atoms. The maximum absolute atomic E-state index is 12.3. The van der Waals surface area contributed by atoms with Crippen LogP contribution in [0.3, 0.4) is 0 Å². The van der Waals surface area contributed by atoms with Crippen LogP contribution >= 0.6 is 0 Å². The van der Waals surface area contributed by atoms with Gasteiger partial charge in [-0.2, -0.15) is 4.31 Å². The summed E-state index contributed by atoms with van der Waals surface area (Å²) in [4.78, 5) is 14.1. The maximum Gasteiger partial charge on any atom is 0.237 e. The molecule has 0 aromatic rings. The molecule has 3 saturated heterocycles. The van der Waals surface area contributed by atoms with Gasteiger partial charge in [-0.25, -0.2) is 8.42 Å². The molecular formula is C12H21N3O3S. The number of sulfonamides is 1. The van der Waals surface area contributed by atoms with E-state index in [0.717, 1.165) is 25.9 Å². The van der Waals surface area contributed by atoms with Gasteiger partial charge in [-0.1, -0.05) is 0 Å². The highest BCUT2D eigenvalue weighted by molar-refractivity contribution is 7.89. The zero-order valence-electron chi connectivity index (χ0n) is 11.0. The van der Waals surface area contributed by atoms with Gasteiger partial charge < -0.3 is 10.2 Å². The van der Waals surface area contributed by atoms with Crippen LogP contribution in [0.1, 0.15) is 25.7 Å². The first kappa shape index (κ1) is 13.3. The monoisotopic (exact) mass is 287 g/mol. The fourth-order valence-corrected chi connectivity index (χ4v) is 4.76. The average Bonchev–Trinajstić information content (AvgIpc) is 2.82. The molecule has 0 spiro atoms. The first-order valence-electron chi connectivity index (χ1n) is 7.06. The van der Waals surface area contributed by atoms with E-state index in [2.05, 4.69) is 5.32 Å². The number of hydrogen-bond acceptors (Lipinski definition) is 4. The lowest BCUT2D eigenvalue weighted by Crippen LogP contribution is -2.44. The molecule has 2 atom stereocenters. The third-order valence-corrected chi connectivity index (χ3v) is 6.29. The number of carbonyl (C=O) groups is 1. The summed E-state index contributed by atoms with van der Waals surface area (Å²) in [5, 5.41) is 3.52. The summed E-state index contributed by atoms with van der Waals surface area (Å²) >= 11 is 0. The molecule has 3 aliphatic rings. The SMILES string of the molecule is O=C(CN1CCCS1(=O)=O)N1CCC2CCC(C1)N2. The average molecular weight is 287 g/mol. The topological polar surface area (TPSA) is 69.7 Å². The maximum atomic E-state index is 12.3. The van der Waals surface area contributed by atoms with Crippen molar-refractivity contribution in [1.29, 1.82) is 0 Å². The predicted octanol–water partition coefficient (Wildman–Crippen LogP) is -0.625. The van der Waals surface area contributed by atoms with Gasteiger partial charge in [0.05, 0.1) is 12.3 Å². The Morgan fingerprint density at radius 2 is 1.95 bits per heavy atom. The van der Waals surface area contributed by atoms with E-state index in [9.17, 15) is 13.2 Å². The van der Waals surface area contributed by atoms with Crippen LogP contribution in [-0.4, -0.2) is 67.5 Å². The molecule has 1 amide bonds. The molecule has 0 aromatic carbocycles. The summed E-state index contributed by atoms with van der Waals surface area (Å²) in [6.07, 6.45) is 3.94. The predicted molar refractivity (Wildman–Crippen MR) is 71.1 cm³/mol. The number of amides is 1. The lowest BCUT2D eigenvalue weighted by Gasteiger charge is -2.26.